The number of aliphatic hydroxyl groups is 1. The average molecular weight is 1010 g/mol. The first-order chi connectivity index (χ1) is 34.2. The van der Waals surface area contributed by atoms with E-state index in [4.69, 9.17) is 11.5 Å². The van der Waals surface area contributed by atoms with Crippen LogP contribution in [0.4, 0.5) is 15.8 Å². The zero-order chi connectivity index (χ0) is 52.0. The maximum absolute atomic E-state index is 15.0. The van der Waals surface area contributed by atoms with E-state index in [1.807, 2.05) is 77.1 Å². The standard InChI is InChI=1S/C53H66FN9O8S/c1-29(32-14-16-34(17-15-32)46-30(2)57-28-72-46)58-49(68)41-26-38(64)27-62(41)52(71)47(53(3,4)5)61-44(66)13-8-6-7-10-31-22-36(54)25-37(23-31)59-48(67)40(20-21-43(56)65)60-50(69)42-24-35-12-9-11-33-18-19-39(55)51(70)63(42)45(33)35/h9,11-12,14-17,22-23,25,28-29,38-42,47,64H,6-8,10,13,18-21,24,26-27,55H2,1-5H3,(H2,56,65)(H,58,68)(H,59,67)(H,60,69)(H,61,66)/t29-,38+,39-,40-,41-,42-,47+/m0/s1. The Morgan fingerprint density at radius 2 is 1.65 bits per heavy atom. The average Bonchev–Trinajstić information content (AvgIpc) is 4.04. The van der Waals surface area contributed by atoms with Crippen LogP contribution in [0.2, 0.25) is 0 Å². The molecule has 0 aliphatic carbocycles. The lowest BCUT2D eigenvalue weighted by Gasteiger charge is -2.35. The van der Waals surface area contributed by atoms with Gasteiger partial charge in [0.2, 0.25) is 41.4 Å². The minimum absolute atomic E-state index is 0.0523. The van der Waals surface area contributed by atoms with Crippen molar-refractivity contribution in [1.82, 2.24) is 25.8 Å². The van der Waals surface area contributed by atoms with Crippen LogP contribution in [-0.2, 0) is 52.8 Å². The van der Waals surface area contributed by atoms with Gasteiger partial charge < -0.3 is 42.7 Å². The van der Waals surface area contributed by atoms with E-state index in [-0.39, 0.29) is 56.3 Å². The summed E-state index contributed by atoms with van der Waals surface area (Å²) in [6.07, 6.45) is 2.07. The Morgan fingerprint density at radius 3 is 2.35 bits per heavy atom. The summed E-state index contributed by atoms with van der Waals surface area (Å²) in [6, 6.07) is 12.2. The van der Waals surface area contributed by atoms with Crippen molar-refractivity contribution in [3.8, 4) is 10.4 Å². The Labute approximate surface area is 423 Å². The molecule has 0 bridgehead atoms. The number of thiazole rings is 1. The predicted molar refractivity (Wildman–Crippen MR) is 272 cm³/mol. The van der Waals surface area contributed by atoms with Gasteiger partial charge in [-0.3, -0.25) is 38.5 Å². The summed E-state index contributed by atoms with van der Waals surface area (Å²) in [6.45, 7) is 9.22. The van der Waals surface area contributed by atoms with E-state index in [1.54, 1.807) is 22.9 Å². The molecule has 7 rings (SSSR count). The fourth-order valence-electron chi connectivity index (χ4n) is 9.82. The van der Waals surface area contributed by atoms with E-state index in [0.717, 1.165) is 38.9 Å². The van der Waals surface area contributed by atoms with Gasteiger partial charge in [0.25, 0.3) is 0 Å². The van der Waals surface area contributed by atoms with E-state index >= 15 is 4.39 Å². The molecule has 7 amide bonds. The highest BCUT2D eigenvalue weighted by molar-refractivity contribution is 7.13. The zero-order valence-corrected chi connectivity index (χ0v) is 42.3. The third-order valence-electron chi connectivity index (χ3n) is 13.7. The molecule has 3 aliphatic rings. The number of hydrogen-bond acceptors (Lipinski definition) is 11. The van der Waals surface area contributed by atoms with Gasteiger partial charge in [-0.1, -0.05) is 69.7 Å². The number of hydrogen-bond donors (Lipinski definition) is 7. The number of aliphatic hydroxyl groups excluding tert-OH is 1. The molecule has 17 nitrogen and oxygen atoms in total. The molecule has 3 aliphatic heterocycles. The molecule has 1 aromatic heterocycles. The topological polar surface area (TPSA) is 259 Å². The third kappa shape index (κ3) is 12.7. The van der Waals surface area contributed by atoms with Gasteiger partial charge in [0, 0.05) is 37.9 Å². The van der Waals surface area contributed by atoms with Gasteiger partial charge in [0.1, 0.15) is 30.0 Å². The van der Waals surface area contributed by atoms with Gasteiger partial charge in [-0.05, 0) is 104 Å². The van der Waals surface area contributed by atoms with E-state index in [0.29, 0.717) is 49.8 Å². The summed E-state index contributed by atoms with van der Waals surface area (Å²) in [7, 11) is 0. The second kappa shape index (κ2) is 22.9. The fourth-order valence-corrected chi connectivity index (χ4v) is 10.6. The molecule has 3 aromatic carbocycles. The van der Waals surface area contributed by atoms with E-state index < -0.39 is 83.0 Å². The molecule has 9 N–H and O–H groups in total. The van der Waals surface area contributed by atoms with Crippen molar-refractivity contribution < 1.29 is 43.1 Å². The quantitative estimate of drug-likeness (QED) is 0.0640. The molecule has 4 heterocycles. The smallest absolute Gasteiger partial charge is 0.246 e. The second-order valence-electron chi connectivity index (χ2n) is 20.3. The number of unbranched alkanes of at least 4 members (excludes halogenated alkanes) is 2. The van der Waals surface area contributed by atoms with Crippen LogP contribution in [0.5, 0.6) is 0 Å². The minimum atomic E-state index is -1.25. The van der Waals surface area contributed by atoms with E-state index in [9.17, 15) is 38.7 Å². The molecule has 0 spiro atoms. The number of carbonyl (C=O) groups excluding carboxylic acids is 7. The van der Waals surface area contributed by atoms with Gasteiger partial charge in [-0.25, -0.2) is 9.37 Å². The Bertz CT molecular complexity index is 2690. The predicted octanol–water partition coefficient (Wildman–Crippen LogP) is 4.65. The number of para-hydroxylation sites is 1. The van der Waals surface area contributed by atoms with Crippen LogP contribution in [0.1, 0.15) is 113 Å². The summed E-state index contributed by atoms with van der Waals surface area (Å²) >= 11 is 1.56. The number of likely N-dealkylation sites (tertiary alicyclic amines) is 1. The molecule has 19 heteroatoms. The summed E-state index contributed by atoms with van der Waals surface area (Å²) < 4.78 is 15.0. The van der Waals surface area contributed by atoms with Crippen LogP contribution in [0, 0.1) is 18.2 Å². The maximum atomic E-state index is 15.0. The number of amides is 7. The molecular formula is C53H66FN9O8S. The first-order valence-electron chi connectivity index (χ1n) is 24.7. The van der Waals surface area contributed by atoms with Crippen molar-refractivity contribution >= 4 is 64.1 Å². The van der Waals surface area contributed by atoms with Crippen LogP contribution in [0.3, 0.4) is 0 Å². The minimum Gasteiger partial charge on any atom is -0.391 e. The van der Waals surface area contributed by atoms with Crippen molar-refractivity contribution in [2.75, 3.05) is 16.8 Å². The van der Waals surface area contributed by atoms with Crippen LogP contribution in [0.25, 0.3) is 10.4 Å². The highest BCUT2D eigenvalue weighted by atomic mass is 32.1. The van der Waals surface area contributed by atoms with Gasteiger partial charge in [-0.2, -0.15) is 0 Å². The van der Waals surface area contributed by atoms with E-state index in [1.165, 1.54) is 15.9 Å². The molecular weight excluding hydrogens is 942 g/mol. The third-order valence-corrected chi connectivity index (χ3v) is 14.7. The van der Waals surface area contributed by atoms with E-state index in [2.05, 4.69) is 26.3 Å². The number of aryl methyl sites for hydroxylation is 3. The van der Waals surface area contributed by atoms with Crippen LogP contribution in [0.15, 0.2) is 66.2 Å². The van der Waals surface area contributed by atoms with Crippen molar-refractivity contribution in [3.63, 3.8) is 0 Å². The lowest BCUT2D eigenvalue weighted by atomic mass is 9.85. The number of β-amino-alcohol motifs (C(OH)–C–C–N with tert-alkyl or cyclic N) is 1. The van der Waals surface area contributed by atoms with Crippen LogP contribution >= 0.6 is 11.3 Å². The Balaban J connectivity index is 0.900. The monoisotopic (exact) mass is 1010 g/mol. The molecule has 7 atom stereocenters. The molecule has 1 fully saturated rings. The number of rotatable bonds is 19. The van der Waals surface area contributed by atoms with Crippen LogP contribution in [-0.4, -0.2) is 99.2 Å². The summed E-state index contributed by atoms with van der Waals surface area (Å²) in [4.78, 5) is 102. The molecule has 0 radical (unpaired) electrons. The number of primary amides is 1. The molecule has 72 heavy (non-hydrogen) atoms. The molecule has 384 valence electrons. The second-order valence-corrected chi connectivity index (χ2v) is 21.2. The number of anilines is 2. The van der Waals surface area contributed by atoms with Crippen molar-refractivity contribution in [2.24, 2.45) is 16.9 Å². The number of nitrogens with two attached hydrogens (primary N) is 2. The summed E-state index contributed by atoms with van der Waals surface area (Å²) in [5, 5.41) is 22.0. The number of nitrogens with one attached hydrogen (secondary N) is 4. The van der Waals surface area contributed by atoms with Crippen LogP contribution < -0.4 is 37.6 Å². The SMILES string of the molecule is Cc1ncsc1-c1ccc([C@H](C)NC(=O)[C@@H]2C[C@@H](O)CN2C(=O)[C@@H](NC(=O)CCCCCc2cc(F)cc(NC(=O)[C@H](CCC(N)=O)NC(=O)[C@@H]3Cc4cccc5c4N3C(=O)[C@@H](N)CC5)c2)C(C)(C)C)cc1. The largest absolute Gasteiger partial charge is 0.391 e. The Kier molecular flexibility index (Phi) is 16.9. The molecule has 4 aromatic rings. The fraction of sp³-hybridized carbons (Fsp3) is 0.472. The molecule has 0 saturated carbocycles. The molecule has 0 unspecified atom stereocenters. The first-order valence-corrected chi connectivity index (χ1v) is 25.5. The van der Waals surface area contributed by atoms with Gasteiger partial charge in [0.15, 0.2) is 0 Å². The van der Waals surface area contributed by atoms with Gasteiger partial charge in [-0.15, -0.1) is 11.3 Å². The number of aromatic nitrogens is 1. The number of halogens is 1. The van der Waals surface area contributed by atoms with Gasteiger partial charge >= 0.3 is 0 Å². The maximum Gasteiger partial charge on any atom is 0.246 e. The first kappa shape index (κ1) is 53.2. The Morgan fingerprint density at radius 1 is 0.931 bits per heavy atom. The summed E-state index contributed by atoms with van der Waals surface area (Å²) in [5.41, 5.74) is 18.6. The number of benzene rings is 3. The van der Waals surface area contributed by atoms with Crippen molar-refractivity contribution in [2.45, 2.75) is 148 Å². The van der Waals surface area contributed by atoms with Crippen molar-refractivity contribution in [3.05, 3.63) is 99.9 Å². The molecule has 1 saturated heterocycles. The lowest BCUT2D eigenvalue weighted by Crippen LogP contribution is -2.57. The zero-order valence-electron chi connectivity index (χ0n) is 41.5. The van der Waals surface area contributed by atoms with Gasteiger partial charge in [0.05, 0.1) is 40.0 Å². The van der Waals surface area contributed by atoms with Crippen molar-refractivity contribution in [1.29, 1.82) is 0 Å². The highest BCUT2D eigenvalue weighted by Gasteiger charge is 2.46. The lowest BCUT2D eigenvalue weighted by molar-refractivity contribution is -0.144. The number of nitrogens with zero attached hydrogens (tertiary/aromatic N) is 3. The summed E-state index contributed by atoms with van der Waals surface area (Å²) in [5.74, 6) is -4.22. The number of carbonyl (C=O) groups is 7. The normalized spacial score (nSPS) is 19.7. The Hall–Kier alpha value is -6.57. The highest BCUT2D eigenvalue weighted by Crippen LogP contribution is 2.39.